The van der Waals surface area contributed by atoms with Crippen molar-refractivity contribution in [2.75, 3.05) is 6.61 Å². The molecule has 0 radical (unpaired) electrons. The molecular weight excluding hydrogens is 316 g/mol. The molecule has 25 heavy (non-hydrogen) atoms. The van der Waals surface area contributed by atoms with Gasteiger partial charge in [-0.05, 0) is 85.9 Å². The number of hydrogen-bond acceptors (Lipinski definition) is 4. The first-order valence-electron chi connectivity index (χ1n) is 10.3. The number of Topliss-reactive ketones (excluding diaryl/α,β-unsaturated/α-hetero) is 1. The van der Waals surface area contributed by atoms with Crippen molar-refractivity contribution in [1.82, 2.24) is 0 Å². The fraction of sp³-hybridized carbons (Fsp3) is 0.952. The third kappa shape index (κ3) is 2.47. The van der Waals surface area contributed by atoms with Gasteiger partial charge in [-0.3, -0.25) is 4.79 Å². The third-order valence-corrected chi connectivity index (χ3v) is 9.11. The molecule has 0 aliphatic heterocycles. The molecule has 3 N–H and O–H groups in total. The van der Waals surface area contributed by atoms with E-state index in [9.17, 15) is 20.1 Å². The Balaban J connectivity index is 1.65. The van der Waals surface area contributed by atoms with E-state index < -0.39 is 0 Å². The highest BCUT2D eigenvalue weighted by atomic mass is 16.3. The molecule has 4 nitrogen and oxygen atoms in total. The molecule has 0 aromatic rings. The zero-order chi connectivity index (χ0) is 18.0. The Morgan fingerprint density at radius 3 is 2.52 bits per heavy atom. The van der Waals surface area contributed by atoms with Crippen molar-refractivity contribution in [2.24, 2.45) is 40.4 Å². The minimum Gasteiger partial charge on any atom is -0.393 e. The van der Waals surface area contributed by atoms with Crippen LogP contribution in [0.1, 0.15) is 65.2 Å². The van der Waals surface area contributed by atoms with Crippen LogP contribution < -0.4 is 0 Å². The zero-order valence-corrected chi connectivity index (χ0v) is 15.7. The normalized spacial score (nSPS) is 55.2. The Hall–Kier alpha value is -0.450. The number of aliphatic hydroxyl groups excluding tert-OH is 3. The second kappa shape index (κ2) is 6.03. The standard InChI is InChI=1S/C21H34O4/c1-20-8-7-13(23)9-12(20)3-4-14-15-5-6-16(18(25)11-22)21(15,2)10-17(24)19(14)20/h12-17,19,22-24H,3-11H2,1-2H3/t12-,13-,14+,15+,16-,17-,19-,20+,21+/m1/s1. The lowest BCUT2D eigenvalue weighted by molar-refractivity contribution is -0.179. The summed E-state index contributed by atoms with van der Waals surface area (Å²) in [6, 6.07) is 0. The second-order valence-corrected chi connectivity index (χ2v) is 10.0. The van der Waals surface area contributed by atoms with Gasteiger partial charge in [0.2, 0.25) is 0 Å². The number of hydrogen-bond donors (Lipinski definition) is 3. The summed E-state index contributed by atoms with van der Waals surface area (Å²) < 4.78 is 0. The van der Waals surface area contributed by atoms with Gasteiger partial charge in [-0.1, -0.05) is 13.8 Å². The van der Waals surface area contributed by atoms with E-state index in [1.54, 1.807) is 0 Å². The summed E-state index contributed by atoms with van der Waals surface area (Å²) in [5.41, 5.74) is -0.0280. The molecule has 4 saturated carbocycles. The number of ketones is 1. The second-order valence-electron chi connectivity index (χ2n) is 10.0. The summed E-state index contributed by atoms with van der Waals surface area (Å²) in [7, 11) is 0. The van der Waals surface area contributed by atoms with E-state index in [0.29, 0.717) is 30.1 Å². The summed E-state index contributed by atoms with van der Waals surface area (Å²) >= 11 is 0. The van der Waals surface area contributed by atoms with Gasteiger partial charge in [-0.25, -0.2) is 0 Å². The molecule has 0 bridgehead atoms. The summed E-state index contributed by atoms with van der Waals surface area (Å²) in [5, 5.41) is 30.7. The van der Waals surface area contributed by atoms with Crippen molar-refractivity contribution in [3.05, 3.63) is 0 Å². The molecular formula is C21H34O4. The van der Waals surface area contributed by atoms with Gasteiger partial charge in [-0.15, -0.1) is 0 Å². The Kier molecular flexibility index (Phi) is 4.33. The first-order chi connectivity index (χ1) is 11.8. The molecule has 4 rings (SSSR count). The van der Waals surface area contributed by atoms with Crippen LogP contribution in [0.5, 0.6) is 0 Å². The fourth-order valence-corrected chi connectivity index (χ4v) is 8.00. The van der Waals surface area contributed by atoms with Gasteiger partial charge in [0.15, 0.2) is 5.78 Å². The molecule has 0 spiro atoms. The van der Waals surface area contributed by atoms with E-state index in [1.165, 1.54) is 0 Å². The minimum absolute atomic E-state index is 0.0312. The van der Waals surface area contributed by atoms with Crippen molar-refractivity contribution in [3.8, 4) is 0 Å². The van der Waals surface area contributed by atoms with Gasteiger partial charge < -0.3 is 15.3 Å². The van der Waals surface area contributed by atoms with Crippen molar-refractivity contribution in [3.63, 3.8) is 0 Å². The lowest BCUT2D eigenvalue weighted by Gasteiger charge is -2.62. The molecule has 0 heterocycles. The van der Waals surface area contributed by atoms with Gasteiger partial charge >= 0.3 is 0 Å². The van der Waals surface area contributed by atoms with E-state index in [2.05, 4.69) is 13.8 Å². The number of carbonyl (C=O) groups is 1. The largest absolute Gasteiger partial charge is 0.393 e. The van der Waals surface area contributed by atoms with Crippen molar-refractivity contribution in [2.45, 2.75) is 77.4 Å². The molecule has 0 amide bonds. The maximum absolute atomic E-state index is 12.3. The quantitative estimate of drug-likeness (QED) is 0.715. The van der Waals surface area contributed by atoms with Crippen LogP contribution in [0, 0.1) is 40.4 Å². The van der Waals surface area contributed by atoms with Gasteiger partial charge in [0.25, 0.3) is 0 Å². The van der Waals surface area contributed by atoms with Crippen LogP contribution in [-0.2, 0) is 4.79 Å². The Morgan fingerprint density at radius 1 is 1.04 bits per heavy atom. The lowest BCUT2D eigenvalue weighted by atomic mass is 9.44. The maximum atomic E-state index is 12.3. The fourth-order valence-electron chi connectivity index (χ4n) is 8.00. The lowest BCUT2D eigenvalue weighted by Crippen LogP contribution is -2.59. The van der Waals surface area contributed by atoms with Crippen LogP contribution in [0.3, 0.4) is 0 Å². The molecule has 4 fully saturated rings. The van der Waals surface area contributed by atoms with Crippen molar-refractivity contribution < 1.29 is 20.1 Å². The molecule has 4 aliphatic carbocycles. The SMILES string of the molecule is C[C@]12CC[C@@H](O)C[C@H]1CC[C@@H]1[C@@H]2[C@H](O)C[C@]2(C)[C@@H](C(=O)CO)CC[C@@H]12. The van der Waals surface area contributed by atoms with Crippen molar-refractivity contribution in [1.29, 1.82) is 0 Å². The van der Waals surface area contributed by atoms with Gasteiger partial charge in [0.05, 0.1) is 12.2 Å². The molecule has 0 aromatic carbocycles. The average Bonchev–Trinajstić information content (AvgIpc) is 2.91. The Bertz CT molecular complexity index is 548. The monoisotopic (exact) mass is 350 g/mol. The summed E-state index contributed by atoms with van der Waals surface area (Å²) in [4.78, 5) is 12.3. The van der Waals surface area contributed by atoms with Crippen LogP contribution in [0.25, 0.3) is 0 Å². The number of fused-ring (bicyclic) bond motifs is 5. The van der Waals surface area contributed by atoms with E-state index in [1.807, 2.05) is 0 Å². The van der Waals surface area contributed by atoms with E-state index >= 15 is 0 Å². The van der Waals surface area contributed by atoms with Crippen LogP contribution >= 0.6 is 0 Å². The summed E-state index contributed by atoms with van der Waals surface area (Å²) in [6.45, 7) is 4.19. The molecule has 4 aliphatic rings. The van der Waals surface area contributed by atoms with Gasteiger partial charge in [0, 0.05) is 5.92 Å². The number of rotatable bonds is 2. The maximum Gasteiger partial charge on any atom is 0.161 e. The minimum atomic E-state index is -0.366. The molecule has 4 heteroatoms. The zero-order valence-electron chi connectivity index (χ0n) is 15.7. The summed E-state index contributed by atoms with van der Waals surface area (Å²) in [5.74, 6) is 1.69. The molecule has 0 saturated heterocycles. The molecule has 0 aromatic heterocycles. The molecule has 9 atom stereocenters. The molecule has 142 valence electrons. The highest BCUT2D eigenvalue weighted by Gasteiger charge is 2.63. The topological polar surface area (TPSA) is 77.8 Å². The highest BCUT2D eigenvalue weighted by Crippen LogP contribution is 2.67. The Labute approximate surface area is 151 Å². The van der Waals surface area contributed by atoms with Gasteiger partial charge in [-0.2, -0.15) is 0 Å². The third-order valence-electron chi connectivity index (χ3n) is 9.11. The number of aliphatic hydroxyl groups is 3. The summed E-state index contributed by atoms with van der Waals surface area (Å²) in [6.07, 6.45) is 7.12. The smallest absolute Gasteiger partial charge is 0.161 e. The average molecular weight is 350 g/mol. The van der Waals surface area contributed by atoms with Crippen LogP contribution in [0.4, 0.5) is 0 Å². The van der Waals surface area contributed by atoms with Crippen molar-refractivity contribution >= 4 is 5.78 Å². The van der Waals surface area contributed by atoms with E-state index in [4.69, 9.17) is 0 Å². The van der Waals surface area contributed by atoms with Crippen LogP contribution in [0.2, 0.25) is 0 Å². The van der Waals surface area contributed by atoms with Crippen LogP contribution in [-0.4, -0.2) is 39.9 Å². The highest BCUT2D eigenvalue weighted by molar-refractivity contribution is 5.83. The first-order valence-corrected chi connectivity index (χ1v) is 10.3. The van der Waals surface area contributed by atoms with Crippen LogP contribution in [0.15, 0.2) is 0 Å². The predicted molar refractivity (Wildman–Crippen MR) is 94.7 cm³/mol. The number of carbonyl (C=O) groups excluding carboxylic acids is 1. The van der Waals surface area contributed by atoms with E-state index in [-0.39, 0.29) is 41.3 Å². The first kappa shape index (κ1) is 17.9. The Morgan fingerprint density at radius 2 is 1.80 bits per heavy atom. The molecule has 0 unspecified atom stereocenters. The predicted octanol–water partition coefficient (Wildman–Crippen LogP) is 2.54. The van der Waals surface area contributed by atoms with Gasteiger partial charge in [0.1, 0.15) is 6.61 Å². The van der Waals surface area contributed by atoms with E-state index in [0.717, 1.165) is 44.9 Å².